The van der Waals surface area contributed by atoms with E-state index in [1.54, 1.807) is 18.2 Å². The van der Waals surface area contributed by atoms with Gasteiger partial charge in [0, 0.05) is 35.6 Å². The number of para-hydroxylation sites is 2. The molecule has 2 aromatic rings. The van der Waals surface area contributed by atoms with Crippen LogP contribution in [-0.4, -0.2) is 43.6 Å². The van der Waals surface area contributed by atoms with Crippen molar-refractivity contribution in [1.29, 1.82) is 0 Å². The molecule has 0 amide bonds. The van der Waals surface area contributed by atoms with E-state index in [9.17, 15) is 37.1 Å². The highest BCUT2D eigenvalue weighted by molar-refractivity contribution is 8.13. The zero-order valence-electron chi connectivity index (χ0n) is 16.6. The Balaban J connectivity index is 0.000000257. The van der Waals surface area contributed by atoms with Crippen LogP contribution >= 0.6 is 10.7 Å². The van der Waals surface area contributed by atoms with Crippen LogP contribution in [0.4, 0.5) is 11.4 Å². The summed E-state index contributed by atoms with van der Waals surface area (Å²) in [7, 11) is -3.10. The average molecular weight is 517 g/mol. The zero-order valence-corrected chi connectivity index (χ0v) is 19.0. The van der Waals surface area contributed by atoms with Gasteiger partial charge in [0.1, 0.15) is 0 Å². The lowest BCUT2D eigenvalue weighted by Crippen LogP contribution is -2.40. The van der Waals surface area contributed by atoms with Crippen molar-refractivity contribution >= 4 is 41.1 Å². The zero-order chi connectivity index (χ0) is 24.8. The Morgan fingerprint density at radius 1 is 0.879 bits per heavy atom. The maximum Gasteiger partial charge on any atom is 0.289 e. The van der Waals surface area contributed by atoms with Crippen molar-refractivity contribution < 1.29 is 26.7 Å². The summed E-state index contributed by atoms with van der Waals surface area (Å²) >= 11 is 0. The minimum absolute atomic E-state index is 0.0840. The number of nitrogens with two attached hydrogens (primary N) is 1. The molecule has 176 valence electrons. The van der Waals surface area contributed by atoms with Gasteiger partial charge in [0.2, 0.25) is 0 Å². The number of rotatable bonds is 6. The Kier molecular flexibility index (Phi) is 8.27. The number of nitro groups is 2. The van der Waals surface area contributed by atoms with E-state index in [4.69, 9.17) is 16.4 Å². The number of hydrogen-bond acceptors (Lipinski definition) is 9. The highest BCUT2D eigenvalue weighted by atomic mass is 35.7. The molecule has 1 atom stereocenters. The van der Waals surface area contributed by atoms with Gasteiger partial charge in [-0.1, -0.05) is 36.4 Å². The molecule has 1 unspecified atom stereocenters. The van der Waals surface area contributed by atoms with Crippen molar-refractivity contribution in [2.24, 2.45) is 5.73 Å². The summed E-state index contributed by atoms with van der Waals surface area (Å²) in [6, 6.07) is 9.58. The van der Waals surface area contributed by atoms with Crippen molar-refractivity contribution in [3.05, 3.63) is 93.2 Å². The van der Waals surface area contributed by atoms with Gasteiger partial charge in [0.15, 0.2) is 9.79 Å². The fourth-order valence-electron chi connectivity index (χ4n) is 2.72. The molecular formula is C18H17ClN4O8S2. The lowest BCUT2D eigenvalue weighted by Gasteiger charge is -2.28. The van der Waals surface area contributed by atoms with E-state index in [0.717, 1.165) is 22.5 Å². The summed E-state index contributed by atoms with van der Waals surface area (Å²) in [6.45, 7) is 0.0840. The lowest BCUT2D eigenvalue weighted by molar-refractivity contribution is -0.388. The van der Waals surface area contributed by atoms with Gasteiger partial charge in [-0.25, -0.2) is 16.8 Å². The van der Waals surface area contributed by atoms with Gasteiger partial charge < -0.3 is 5.73 Å². The third-order valence-corrected chi connectivity index (χ3v) is 7.41. The molecular weight excluding hydrogens is 500 g/mol. The van der Waals surface area contributed by atoms with Gasteiger partial charge in [-0.3, -0.25) is 24.5 Å². The van der Waals surface area contributed by atoms with Gasteiger partial charge >= 0.3 is 0 Å². The highest BCUT2D eigenvalue weighted by Crippen LogP contribution is 2.29. The van der Waals surface area contributed by atoms with Gasteiger partial charge in [-0.2, -0.15) is 0 Å². The number of allylic oxidation sites excluding steroid dienone is 2. The molecule has 3 rings (SSSR count). The molecule has 2 aromatic carbocycles. The number of benzene rings is 2. The first-order valence-electron chi connectivity index (χ1n) is 8.91. The van der Waals surface area contributed by atoms with E-state index in [2.05, 4.69) is 0 Å². The van der Waals surface area contributed by atoms with Crippen molar-refractivity contribution in [2.45, 2.75) is 15.8 Å². The van der Waals surface area contributed by atoms with E-state index in [0.29, 0.717) is 0 Å². The second-order valence-corrected chi connectivity index (χ2v) is 10.6. The van der Waals surface area contributed by atoms with Crippen molar-refractivity contribution in [2.75, 3.05) is 6.54 Å². The lowest BCUT2D eigenvalue weighted by atomic mass is 10.2. The van der Waals surface area contributed by atoms with Crippen LogP contribution in [-0.2, 0) is 19.1 Å². The summed E-state index contributed by atoms with van der Waals surface area (Å²) in [6.07, 6.45) is 6.21. The predicted octanol–water partition coefficient (Wildman–Crippen LogP) is 2.52. The standard InChI is InChI=1S/C12H13N3O4S.C6H4ClNO4S/c13-9-10-5-3-4-8-14(10)20(18,19)12-7-2-1-6-11(12)15(16)17;7-13(11,12)6-4-2-1-3-5(6)8(9)10/h1-8,10H,9,13H2;1-4H. The van der Waals surface area contributed by atoms with E-state index in [1.807, 2.05) is 0 Å². The molecule has 0 saturated carbocycles. The molecule has 2 N–H and O–H groups in total. The Bertz CT molecular complexity index is 1330. The predicted molar refractivity (Wildman–Crippen MR) is 119 cm³/mol. The molecule has 1 aliphatic heterocycles. The normalized spacial score (nSPS) is 15.5. The van der Waals surface area contributed by atoms with Crippen molar-refractivity contribution in [3.63, 3.8) is 0 Å². The molecule has 0 spiro atoms. The third-order valence-electron chi connectivity index (χ3n) is 4.19. The smallest absolute Gasteiger partial charge is 0.289 e. The molecule has 12 nitrogen and oxygen atoms in total. The number of hydrogen-bond donors (Lipinski definition) is 1. The SMILES string of the molecule is NCC1C=CC=CN1S(=O)(=O)c1ccccc1[N+](=O)[O-].O=[N+]([O-])c1ccccc1S(=O)(=O)Cl. The summed E-state index contributed by atoms with van der Waals surface area (Å²) < 4.78 is 47.8. The second kappa shape index (κ2) is 10.5. The minimum Gasteiger partial charge on any atom is -0.328 e. The average Bonchev–Trinajstić information content (AvgIpc) is 2.78. The van der Waals surface area contributed by atoms with Crippen LogP contribution in [0.3, 0.4) is 0 Å². The van der Waals surface area contributed by atoms with Gasteiger partial charge in [-0.15, -0.1) is 0 Å². The second-order valence-electron chi connectivity index (χ2n) is 6.25. The molecule has 15 heteroatoms. The summed E-state index contributed by atoms with van der Waals surface area (Å²) in [5.41, 5.74) is 4.57. The fourth-order valence-corrected chi connectivity index (χ4v) is 5.37. The molecule has 0 aliphatic carbocycles. The maximum atomic E-state index is 12.6. The molecule has 1 heterocycles. The molecule has 1 aliphatic rings. The first kappa shape index (κ1) is 25.9. The number of sulfonamides is 1. The maximum absolute atomic E-state index is 12.6. The first-order valence-corrected chi connectivity index (χ1v) is 12.7. The summed E-state index contributed by atoms with van der Waals surface area (Å²) in [5.74, 6) is 0. The van der Waals surface area contributed by atoms with E-state index in [-0.39, 0.29) is 11.4 Å². The van der Waals surface area contributed by atoms with Crippen LogP contribution in [0.15, 0.2) is 82.7 Å². The number of nitrogens with zero attached hydrogens (tertiary/aromatic N) is 3. The quantitative estimate of drug-likeness (QED) is 0.342. The molecule has 0 fully saturated rings. The molecule has 0 aromatic heterocycles. The Labute approximate surface area is 193 Å². The molecule has 0 radical (unpaired) electrons. The molecule has 33 heavy (non-hydrogen) atoms. The van der Waals surface area contributed by atoms with Crippen LogP contribution in [0, 0.1) is 20.2 Å². The van der Waals surface area contributed by atoms with Crippen LogP contribution in [0.25, 0.3) is 0 Å². The highest BCUT2D eigenvalue weighted by Gasteiger charge is 2.33. The largest absolute Gasteiger partial charge is 0.328 e. The Morgan fingerprint density at radius 3 is 1.82 bits per heavy atom. The number of halogens is 1. The Hall–Kier alpha value is -3.33. The van der Waals surface area contributed by atoms with Gasteiger partial charge in [0.25, 0.3) is 30.4 Å². The van der Waals surface area contributed by atoms with Crippen LogP contribution < -0.4 is 5.73 Å². The van der Waals surface area contributed by atoms with Gasteiger partial charge in [-0.05, 0) is 18.2 Å². The van der Waals surface area contributed by atoms with Crippen LogP contribution in [0.5, 0.6) is 0 Å². The third kappa shape index (κ3) is 6.13. The number of nitro benzene ring substituents is 2. The monoisotopic (exact) mass is 516 g/mol. The molecule has 0 saturated heterocycles. The molecule has 0 bridgehead atoms. The van der Waals surface area contributed by atoms with E-state index >= 15 is 0 Å². The topological polar surface area (TPSA) is 184 Å². The van der Waals surface area contributed by atoms with E-state index in [1.165, 1.54) is 36.5 Å². The fraction of sp³-hybridized carbons (Fsp3) is 0.111. The van der Waals surface area contributed by atoms with Crippen LogP contribution in [0.2, 0.25) is 0 Å². The van der Waals surface area contributed by atoms with Crippen molar-refractivity contribution in [1.82, 2.24) is 4.31 Å². The summed E-state index contributed by atoms with van der Waals surface area (Å²) in [4.78, 5) is 19.0. The van der Waals surface area contributed by atoms with E-state index < -0.39 is 51.2 Å². The van der Waals surface area contributed by atoms with Crippen LogP contribution in [0.1, 0.15) is 0 Å². The minimum atomic E-state index is -4.05. The van der Waals surface area contributed by atoms with Crippen molar-refractivity contribution in [3.8, 4) is 0 Å². The Morgan fingerprint density at radius 2 is 1.36 bits per heavy atom. The summed E-state index contributed by atoms with van der Waals surface area (Å²) in [5, 5.41) is 21.3. The van der Waals surface area contributed by atoms with Gasteiger partial charge in [0.05, 0.1) is 15.9 Å². The first-order chi connectivity index (χ1) is 15.4.